The molecule has 4 atom stereocenters. The predicted molar refractivity (Wildman–Crippen MR) is 128 cm³/mol. The number of aliphatic hydroxyl groups excluding tert-OH is 2. The number of benzene rings is 1. The number of aromatic hydroxyl groups is 1. The molecule has 3 amide bonds. The van der Waals surface area contributed by atoms with Crippen LogP contribution in [0.15, 0.2) is 34.8 Å². The molecule has 1 aromatic rings. The molecule has 0 radical (unpaired) electrons. The number of likely N-dealkylation sites (N-methyl/N-ethyl adjacent to an activating group) is 1. The summed E-state index contributed by atoms with van der Waals surface area (Å²) in [6.07, 6.45) is 0.269. The summed E-state index contributed by atoms with van der Waals surface area (Å²) < 4.78 is 0. The Morgan fingerprint density at radius 2 is 1.74 bits per heavy atom. The number of imide groups is 1. The molecular weight excluding hydrogens is 498 g/mol. The molecule has 1 heterocycles. The smallest absolute Gasteiger partial charge is 0.255 e. The van der Waals surface area contributed by atoms with Gasteiger partial charge in [0.2, 0.25) is 17.6 Å². The third-order valence-corrected chi connectivity index (χ3v) is 8.16. The predicted octanol–water partition coefficient (Wildman–Crippen LogP) is -0.230. The van der Waals surface area contributed by atoms with Crippen molar-refractivity contribution >= 4 is 29.3 Å². The summed E-state index contributed by atoms with van der Waals surface area (Å²) in [4.78, 5) is 65.6. The molecule has 4 aliphatic rings. The van der Waals surface area contributed by atoms with Gasteiger partial charge >= 0.3 is 0 Å². The Morgan fingerprint density at radius 3 is 2.32 bits per heavy atom. The van der Waals surface area contributed by atoms with E-state index < -0.39 is 75.6 Å². The van der Waals surface area contributed by atoms with Crippen molar-refractivity contribution in [1.82, 2.24) is 9.80 Å². The highest BCUT2D eigenvalue weighted by Crippen LogP contribution is 2.52. The van der Waals surface area contributed by atoms with Crippen LogP contribution in [0.3, 0.4) is 0 Å². The number of nitrogens with zero attached hydrogens (tertiary/aromatic N) is 2. The van der Waals surface area contributed by atoms with Gasteiger partial charge in [-0.3, -0.25) is 33.8 Å². The lowest BCUT2D eigenvalue weighted by Crippen LogP contribution is -2.63. The molecule has 1 aliphatic heterocycles. The average Bonchev–Trinajstić information content (AvgIpc) is 3.14. The lowest BCUT2D eigenvalue weighted by Gasteiger charge is -2.50. The number of aliphatic hydroxyl groups is 3. The first-order valence-electron chi connectivity index (χ1n) is 12.1. The molecule has 0 spiro atoms. The molecule has 12 nitrogen and oxygen atoms in total. The minimum atomic E-state index is -2.72. The SMILES string of the molecule is CN(C)C1C(O)=C(C(N)=O)C(=O)[C@@]2(O)C(O)=C3C(=O)c4c(ccc(CN5C(=O)CCC5=O)c4O)CC3CC12. The number of allylic oxidation sites excluding steroid dienone is 1. The first kappa shape index (κ1) is 25.6. The fourth-order valence-corrected chi connectivity index (χ4v) is 6.37. The molecule has 0 saturated carbocycles. The molecule has 0 aromatic heterocycles. The topological polar surface area (TPSA) is 199 Å². The van der Waals surface area contributed by atoms with Gasteiger partial charge < -0.3 is 26.2 Å². The molecule has 1 saturated heterocycles. The van der Waals surface area contributed by atoms with Crippen LogP contribution >= 0.6 is 0 Å². The number of carbonyl (C=O) groups is 5. The molecule has 6 N–H and O–H groups in total. The molecule has 0 bridgehead atoms. The van der Waals surface area contributed by atoms with Crippen molar-refractivity contribution in [3.05, 3.63) is 51.5 Å². The normalized spacial score (nSPS) is 29.2. The number of hydrogen-bond acceptors (Lipinski definition) is 10. The maximum Gasteiger partial charge on any atom is 0.255 e. The van der Waals surface area contributed by atoms with Crippen LogP contribution in [-0.2, 0) is 32.1 Å². The number of amides is 3. The first-order chi connectivity index (χ1) is 17.8. The van der Waals surface area contributed by atoms with Crippen molar-refractivity contribution in [1.29, 1.82) is 0 Å². The van der Waals surface area contributed by atoms with Crippen LogP contribution in [0.1, 0.15) is 40.7 Å². The van der Waals surface area contributed by atoms with Crippen molar-refractivity contribution in [2.24, 2.45) is 17.6 Å². The zero-order valence-electron chi connectivity index (χ0n) is 20.7. The Hall–Kier alpha value is -4.03. The number of nitrogens with two attached hydrogens (primary N) is 1. The van der Waals surface area contributed by atoms with Gasteiger partial charge in [0, 0.05) is 29.9 Å². The first-order valence-corrected chi connectivity index (χ1v) is 12.1. The Balaban J connectivity index is 1.62. The largest absolute Gasteiger partial charge is 0.510 e. The minimum absolute atomic E-state index is 0.00887. The number of likely N-dealkylation sites (tertiary alicyclic amines) is 1. The molecule has 200 valence electrons. The highest BCUT2D eigenvalue weighted by atomic mass is 16.3. The number of primary amides is 1. The van der Waals surface area contributed by atoms with E-state index in [2.05, 4.69) is 0 Å². The summed E-state index contributed by atoms with van der Waals surface area (Å²) in [5.74, 6) is -8.05. The Labute approximate surface area is 216 Å². The lowest BCUT2D eigenvalue weighted by molar-refractivity contribution is -0.148. The van der Waals surface area contributed by atoms with Gasteiger partial charge in [-0.25, -0.2) is 0 Å². The van der Waals surface area contributed by atoms with E-state index in [1.54, 1.807) is 20.2 Å². The number of fused-ring (bicyclic) bond motifs is 3. The Morgan fingerprint density at radius 1 is 1.11 bits per heavy atom. The highest BCUT2D eigenvalue weighted by Gasteiger charge is 2.63. The minimum Gasteiger partial charge on any atom is -0.510 e. The van der Waals surface area contributed by atoms with Crippen molar-refractivity contribution in [3.63, 3.8) is 0 Å². The second-order valence-electron chi connectivity index (χ2n) is 10.4. The van der Waals surface area contributed by atoms with Gasteiger partial charge in [-0.15, -0.1) is 0 Å². The number of hydrogen-bond donors (Lipinski definition) is 5. The maximum atomic E-state index is 13.7. The van der Waals surface area contributed by atoms with E-state index in [4.69, 9.17) is 5.73 Å². The Bertz CT molecular complexity index is 1390. The number of Topliss-reactive ketones (excluding diaryl/α,β-unsaturated/α-hetero) is 2. The van der Waals surface area contributed by atoms with Crippen LogP contribution in [0.2, 0.25) is 0 Å². The maximum absolute atomic E-state index is 13.7. The van der Waals surface area contributed by atoms with E-state index in [0.29, 0.717) is 5.56 Å². The van der Waals surface area contributed by atoms with Gasteiger partial charge in [-0.2, -0.15) is 0 Å². The van der Waals surface area contributed by atoms with E-state index in [1.165, 1.54) is 11.0 Å². The third kappa shape index (κ3) is 3.33. The molecule has 1 fully saturated rings. The number of phenols is 1. The molecule has 3 aliphatic carbocycles. The van der Waals surface area contributed by atoms with Crippen LogP contribution in [0, 0.1) is 11.8 Å². The molecule has 1 aromatic carbocycles. The lowest BCUT2D eigenvalue weighted by atomic mass is 9.58. The summed E-state index contributed by atoms with van der Waals surface area (Å²) in [6.45, 7) is -0.237. The molecule has 3 unspecified atom stereocenters. The number of phenolic OH excluding ortho intramolecular Hbond substituents is 1. The van der Waals surface area contributed by atoms with Crippen molar-refractivity contribution in [3.8, 4) is 5.75 Å². The zero-order valence-corrected chi connectivity index (χ0v) is 20.7. The fourth-order valence-electron chi connectivity index (χ4n) is 6.37. The van der Waals surface area contributed by atoms with Crippen LogP contribution in [0.5, 0.6) is 5.75 Å². The van der Waals surface area contributed by atoms with Gasteiger partial charge in [0.25, 0.3) is 5.91 Å². The van der Waals surface area contributed by atoms with Crippen LogP contribution in [0.4, 0.5) is 0 Å². The number of rotatable bonds is 4. The average molecular weight is 526 g/mol. The standard InChI is InChI=1S/C26H27N3O9/c1-28(2)19-13-8-12-7-10-3-4-11(9-29-14(30)5-6-15(29)31)20(32)16(10)21(33)17(12)23(35)26(13,38)24(36)18(22(19)34)25(27)37/h3-4,12-13,19,32,34-35,38H,5-9H2,1-2H3,(H2,27,37)/t12?,13?,19?,26-/m0/s1. The second-order valence-corrected chi connectivity index (χ2v) is 10.4. The van der Waals surface area contributed by atoms with Gasteiger partial charge in [0.15, 0.2) is 11.4 Å². The molecule has 38 heavy (non-hydrogen) atoms. The second kappa shape index (κ2) is 8.50. The summed E-state index contributed by atoms with van der Waals surface area (Å²) in [7, 11) is 3.12. The molecule has 12 heteroatoms. The van der Waals surface area contributed by atoms with Gasteiger partial charge in [-0.1, -0.05) is 12.1 Å². The van der Waals surface area contributed by atoms with Gasteiger partial charge in [0.1, 0.15) is 22.8 Å². The van der Waals surface area contributed by atoms with Crippen molar-refractivity contribution in [2.75, 3.05) is 14.1 Å². The van der Waals surface area contributed by atoms with Crippen LogP contribution < -0.4 is 5.73 Å². The van der Waals surface area contributed by atoms with Crippen LogP contribution in [0.25, 0.3) is 0 Å². The summed E-state index contributed by atoms with van der Waals surface area (Å²) >= 11 is 0. The summed E-state index contributed by atoms with van der Waals surface area (Å²) in [6, 6.07) is 2.06. The monoisotopic (exact) mass is 525 g/mol. The van der Waals surface area contributed by atoms with Gasteiger partial charge in [0.05, 0.1) is 18.2 Å². The highest BCUT2D eigenvalue weighted by molar-refractivity contribution is 6.24. The summed E-state index contributed by atoms with van der Waals surface area (Å²) in [5.41, 5.74) is 1.90. The zero-order chi connectivity index (χ0) is 27.8. The quantitative estimate of drug-likeness (QED) is 0.258. The third-order valence-electron chi connectivity index (χ3n) is 8.16. The van der Waals surface area contributed by atoms with E-state index >= 15 is 0 Å². The van der Waals surface area contributed by atoms with Crippen molar-refractivity contribution in [2.45, 2.75) is 43.9 Å². The van der Waals surface area contributed by atoms with E-state index in [1.807, 2.05) is 0 Å². The molecule has 5 rings (SSSR count). The van der Waals surface area contributed by atoms with Gasteiger partial charge in [-0.05, 0) is 38.4 Å². The summed E-state index contributed by atoms with van der Waals surface area (Å²) in [5, 5.41) is 44.7. The fraction of sp³-hybridized carbons (Fsp3) is 0.423. The van der Waals surface area contributed by atoms with Crippen molar-refractivity contribution < 1.29 is 44.4 Å². The number of ketones is 2. The molecular formula is C26H27N3O9. The van der Waals surface area contributed by atoms with Crippen LogP contribution in [-0.4, -0.2) is 85.3 Å². The van der Waals surface area contributed by atoms with E-state index in [-0.39, 0.29) is 48.9 Å². The van der Waals surface area contributed by atoms with E-state index in [0.717, 1.165) is 4.90 Å². The Kier molecular flexibility index (Phi) is 5.73. The number of carbonyl (C=O) groups excluding carboxylic acids is 5. The van der Waals surface area contributed by atoms with E-state index in [9.17, 15) is 44.4 Å².